The third-order valence-corrected chi connectivity index (χ3v) is 2.97. The summed E-state index contributed by atoms with van der Waals surface area (Å²) in [6.45, 7) is 0.157. The Balaban J connectivity index is 1.85. The Kier molecular flexibility index (Phi) is 3.31. The van der Waals surface area contributed by atoms with Crippen LogP contribution in [-0.4, -0.2) is 24.7 Å². The molecular weight excluding hydrogens is 277 g/mol. The maximum atomic E-state index is 13.3. The zero-order valence-electron chi connectivity index (χ0n) is 11.1. The molecule has 1 aromatic heterocycles. The van der Waals surface area contributed by atoms with Crippen molar-refractivity contribution in [3.63, 3.8) is 0 Å². The monoisotopic (exact) mass is 289 g/mol. The molecule has 21 heavy (non-hydrogen) atoms. The topological polar surface area (TPSA) is 72.5 Å². The van der Waals surface area contributed by atoms with E-state index in [0.29, 0.717) is 23.0 Å². The summed E-state index contributed by atoms with van der Waals surface area (Å²) in [6.07, 6.45) is 1.04. The Bertz CT molecular complexity index is 706. The predicted octanol–water partition coefficient (Wildman–Crippen LogP) is 2.24. The first-order valence-electron chi connectivity index (χ1n) is 6.21. The number of benzene rings is 1. The normalized spacial score (nSPS) is 12.1. The summed E-state index contributed by atoms with van der Waals surface area (Å²) < 4.78 is 23.7. The van der Waals surface area contributed by atoms with Gasteiger partial charge in [0.2, 0.25) is 6.79 Å². The van der Waals surface area contributed by atoms with Gasteiger partial charge >= 0.3 is 0 Å². The molecule has 6 nitrogen and oxygen atoms in total. The molecule has 0 spiro atoms. The molecular formula is C14H12FN3O3. The van der Waals surface area contributed by atoms with Gasteiger partial charge in [-0.05, 0) is 18.2 Å². The number of anilines is 2. The lowest BCUT2D eigenvalue weighted by atomic mass is 10.2. The number of hydrogen-bond donors (Lipinski definition) is 2. The molecule has 0 atom stereocenters. The molecule has 0 fully saturated rings. The zero-order valence-corrected chi connectivity index (χ0v) is 11.1. The average Bonchev–Trinajstić information content (AvgIpc) is 2.94. The smallest absolute Gasteiger partial charge is 0.259 e. The van der Waals surface area contributed by atoms with Crippen LogP contribution in [0.15, 0.2) is 30.5 Å². The van der Waals surface area contributed by atoms with Crippen LogP contribution in [-0.2, 0) is 0 Å². The number of halogens is 1. The number of pyridine rings is 1. The molecule has 0 saturated heterocycles. The van der Waals surface area contributed by atoms with E-state index in [0.717, 1.165) is 12.3 Å². The summed E-state index contributed by atoms with van der Waals surface area (Å²) in [7, 11) is 1.61. The Morgan fingerprint density at radius 2 is 2.10 bits per heavy atom. The standard InChI is InChI=1S/C14H12FN3O3/c1-16-13-10(4-8(15)6-17-13)14(19)18-9-2-3-11-12(5-9)21-7-20-11/h2-6H,7H2,1H3,(H,16,17)(H,18,19). The van der Waals surface area contributed by atoms with Gasteiger partial charge in [-0.1, -0.05) is 0 Å². The van der Waals surface area contributed by atoms with Crippen LogP contribution >= 0.6 is 0 Å². The summed E-state index contributed by atoms with van der Waals surface area (Å²) in [4.78, 5) is 16.0. The molecule has 0 radical (unpaired) electrons. The maximum Gasteiger partial charge on any atom is 0.259 e. The van der Waals surface area contributed by atoms with Crippen molar-refractivity contribution in [1.29, 1.82) is 0 Å². The van der Waals surface area contributed by atoms with Gasteiger partial charge in [0.25, 0.3) is 5.91 Å². The van der Waals surface area contributed by atoms with E-state index in [1.807, 2.05) is 0 Å². The average molecular weight is 289 g/mol. The van der Waals surface area contributed by atoms with E-state index in [9.17, 15) is 9.18 Å². The fraction of sp³-hybridized carbons (Fsp3) is 0.143. The number of fused-ring (bicyclic) bond motifs is 1. The van der Waals surface area contributed by atoms with Crippen molar-refractivity contribution in [2.45, 2.75) is 0 Å². The van der Waals surface area contributed by atoms with Crippen molar-refractivity contribution >= 4 is 17.4 Å². The quantitative estimate of drug-likeness (QED) is 0.906. The lowest BCUT2D eigenvalue weighted by molar-refractivity contribution is 0.102. The first kappa shape index (κ1) is 13.2. The predicted molar refractivity (Wildman–Crippen MR) is 74.3 cm³/mol. The molecule has 2 N–H and O–H groups in total. The first-order chi connectivity index (χ1) is 10.2. The second-order valence-electron chi connectivity index (χ2n) is 4.32. The largest absolute Gasteiger partial charge is 0.454 e. The molecule has 1 aromatic carbocycles. The van der Waals surface area contributed by atoms with Gasteiger partial charge in [0.1, 0.15) is 11.6 Å². The van der Waals surface area contributed by atoms with Crippen LogP contribution in [0.2, 0.25) is 0 Å². The van der Waals surface area contributed by atoms with E-state index in [2.05, 4.69) is 15.6 Å². The molecule has 2 heterocycles. The molecule has 7 heteroatoms. The highest BCUT2D eigenvalue weighted by Gasteiger charge is 2.17. The first-order valence-corrected chi connectivity index (χ1v) is 6.21. The molecule has 0 saturated carbocycles. The van der Waals surface area contributed by atoms with Crippen LogP contribution in [0.1, 0.15) is 10.4 Å². The van der Waals surface area contributed by atoms with Gasteiger partial charge in [0, 0.05) is 18.8 Å². The molecule has 3 rings (SSSR count). The van der Waals surface area contributed by atoms with Gasteiger partial charge in [-0.15, -0.1) is 0 Å². The molecule has 1 aliphatic rings. The molecule has 1 amide bonds. The number of nitrogens with zero attached hydrogens (tertiary/aromatic N) is 1. The van der Waals surface area contributed by atoms with Crippen molar-refractivity contribution < 1.29 is 18.7 Å². The van der Waals surface area contributed by atoms with Crippen LogP contribution in [0, 0.1) is 5.82 Å². The lowest BCUT2D eigenvalue weighted by Gasteiger charge is -2.09. The number of ether oxygens (including phenoxy) is 2. The molecule has 0 bridgehead atoms. The maximum absolute atomic E-state index is 13.3. The SMILES string of the molecule is CNc1ncc(F)cc1C(=O)Nc1ccc2c(c1)OCO2. The summed E-state index contributed by atoms with van der Waals surface area (Å²) in [5, 5.41) is 5.42. The third kappa shape index (κ3) is 2.58. The van der Waals surface area contributed by atoms with E-state index in [1.165, 1.54) is 0 Å². The van der Waals surface area contributed by atoms with E-state index in [1.54, 1.807) is 25.2 Å². The second-order valence-corrected chi connectivity index (χ2v) is 4.32. The number of rotatable bonds is 3. The molecule has 2 aromatic rings. The van der Waals surface area contributed by atoms with Crippen molar-refractivity contribution in [2.75, 3.05) is 24.5 Å². The highest BCUT2D eigenvalue weighted by molar-refractivity contribution is 6.07. The number of hydrogen-bond acceptors (Lipinski definition) is 5. The summed E-state index contributed by atoms with van der Waals surface area (Å²) >= 11 is 0. The Morgan fingerprint density at radius 3 is 2.90 bits per heavy atom. The second kappa shape index (κ2) is 5.28. The number of carbonyl (C=O) groups excluding carboxylic acids is 1. The van der Waals surface area contributed by atoms with E-state index in [4.69, 9.17) is 9.47 Å². The summed E-state index contributed by atoms with van der Waals surface area (Å²) in [5.41, 5.74) is 0.644. The zero-order chi connectivity index (χ0) is 14.8. The van der Waals surface area contributed by atoms with Gasteiger partial charge < -0.3 is 20.1 Å². The van der Waals surface area contributed by atoms with Gasteiger partial charge in [0.15, 0.2) is 11.5 Å². The van der Waals surface area contributed by atoms with E-state index >= 15 is 0 Å². The minimum absolute atomic E-state index is 0.121. The van der Waals surface area contributed by atoms with Crippen LogP contribution in [0.5, 0.6) is 11.5 Å². The summed E-state index contributed by atoms with van der Waals surface area (Å²) in [6, 6.07) is 6.14. The van der Waals surface area contributed by atoms with Gasteiger partial charge in [-0.2, -0.15) is 0 Å². The lowest BCUT2D eigenvalue weighted by Crippen LogP contribution is -2.15. The Hall–Kier alpha value is -2.83. The Labute approximate surface area is 119 Å². The van der Waals surface area contributed by atoms with Crippen molar-refractivity contribution in [2.24, 2.45) is 0 Å². The van der Waals surface area contributed by atoms with Crippen LogP contribution < -0.4 is 20.1 Å². The Morgan fingerprint density at radius 1 is 1.29 bits per heavy atom. The molecule has 0 aliphatic carbocycles. The van der Waals surface area contributed by atoms with Crippen LogP contribution in [0.25, 0.3) is 0 Å². The van der Waals surface area contributed by atoms with Crippen molar-refractivity contribution in [3.05, 3.63) is 41.8 Å². The minimum atomic E-state index is -0.579. The van der Waals surface area contributed by atoms with Gasteiger partial charge in [-0.3, -0.25) is 4.79 Å². The van der Waals surface area contributed by atoms with Gasteiger partial charge in [-0.25, -0.2) is 9.37 Å². The van der Waals surface area contributed by atoms with Crippen LogP contribution in [0.4, 0.5) is 15.9 Å². The number of carbonyl (C=O) groups is 1. The fourth-order valence-electron chi connectivity index (χ4n) is 1.98. The van der Waals surface area contributed by atoms with E-state index < -0.39 is 11.7 Å². The number of nitrogens with one attached hydrogen (secondary N) is 2. The van der Waals surface area contributed by atoms with E-state index in [-0.39, 0.29) is 12.4 Å². The molecule has 0 unspecified atom stereocenters. The highest BCUT2D eigenvalue weighted by atomic mass is 19.1. The molecule has 108 valence electrons. The highest BCUT2D eigenvalue weighted by Crippen LogP contribution is 2.34. The summed E-state index contributed by atoms with van der Waals surface area (Å²) in [5.74, 6) is 0.431. The fourth-order valence-corrected chi connectivity index (χ4v) is 1.98. The minimum Gasteiger partial charge on any atom is -0.454 e. The number of amides is 1. The van der Waals surface area contributed by atoms with Crippen molar-refractivity contribution in [1.82, 2.24) is 4.98 Å². The number of aromatic nitrogens is 1. The van der Waals surface area contributed by atoms with Crippen molar-refractivity contribution in [3.8, 4) is 11.5 Å². The van der Waals surface area contributed by atoms with Crippen LogP contribution in [0.3, 0.4) is 0 Å². The third-order valence-electron chi connectivity index (χ3n) is 2.97. The van der Waals surface area contributed by atoms with Gasteiger partial charge in [0.05, 0.1) is 11.8 Å². The molecule has 1 aliphatic heterocycles.